The number of carbonyl (C=O) groups excluding carboxylic acids is 2. The molecule has 5 nitrogen and oxygen atoms in total. The van der Waals surface area contributed by atoms with Crippen LogP contribution in [0.5, 0.6) is 0 Å². The topological polar surface area (TPSA) is 61.4 Å². The number of likely N-dealkylation sites (N-methyl/N-ethyl adjacent to an activating group) is 1. The van der Waals surface area contributed by atoms with Gasteiger partial charge in [-0.15, -0.1) is 0 Å². The molecular formula is C17H29N3O2. The van der Waals surface area contributed by atoms with E-state index in [1.807, 2.05) is 7.05 Å². The van der Waals surface area contributed by atoms with E-state index in [0.29, 0.717) is 25.0 Å². The summed E-state index contributed by atoms with van der Waals surface area (Å²) < 4.78 is 0. The molecule has 0 aliphatic heterocycles. The minimum Gasteiger partial charge on any atom is -0.352 e. The van der Waals surface area contributed by atoms with Crippen LogP contribution in [0.3, 0.4) is 0 Å². The van der Waals surface area contributed by atoms with E-state index in [9.17, 15) is 9.59 Å². The smallest absolute Gasteiger partial charge is 0.234 e. The van der Waals surface area contributed by atoms with E-state index in [2.05, 4.69) is 17.6 Å². The van der Waals surface area contributed by atoms with E-state index in [-0.39, 0.29) is 17.9 Å². The third-order valence-electron chi connectivity index (χ3n) is 5.59. The van der Waals surface area contributed by atoms with Crippen molar-refractivity contribution in [1.29, 1.82) is 0 Å². The molecule has 0 heterocycles. The zero-order valence-corrected chi connectivity index (χ0v) is 13.8. The first-order chi connectivity index (χ1) is 10.5. The second-order valence-corrected chi connectivity index (χ2v) is 7.71. The number of hydrogen-bond acceptors (Lipinski definition) is 3. The third kappa shape index (κ3) is 4.00. The third-order valence-corrected chi connectivity index (χ3v) is 5.59. The van der Waals surface area contributed by atoms with Crippen LogP contribution in [0.2, 0.25) is 0 Å². The highest BCUT2D eigenvalue weighted by molar-refractivity contribution is 5.81. The number of rotatable bonds is 7. The fraction of sp³-hybridized carbons (Fsp3) is 0.882. The average Bonchev–Trinajstić information content (AvgIpc) is 3.00. The summed E-state index contributed by atoms with van der Waals surface area (Å²) in [7, 11) is 1.83. The van der Waals surface area contributed by atoms with E-state index < -0.39 is 0 Å². The lowest BCUT2D eigenvalue weighted by Gasteiger charge is -2.29. The molecule has 3 rings (SSSR count). The lowest BCUT2D eigenvalue weighted by atomic mass is 9.84. The molecule has 0 saturated heterocycles. The molecule has 22 heavy (non-hydrogen) atoms. The summed E-state index contributed by atoms with van der Waals surface area (Å²) in [6.45, 7) is 2.73. The van der Waals surface area contributed by atoms with Gasteiger partial charge in [-0.3, -0.25) is 14.5 Å². The van der Waals surface area contributed by atoms with Crippen molar-refractivity contribution in [3.05, 3.63) is 0 Å². The molecular weight excluding hydrogens is 278 g/mol. The molecule has 3 aliphatic rings. The summed E-state index contributed by atoms with van der Waals surface area (Å²) >= 11 is 0. The molecule has 5 heteroatoms. The number of hydrogen-bond donors (Lipinski definition) is 2. The molecule has 0 aromatic heterocycles. The minimum atomic E-state index is 0.0268. The highest BCUT2D eigenvalue weighted by Gasteiger charge is 2.42. The van der Waals surface area contributed by atoms with Crippen LogP contribution in [0.4, 0.5) is 0 Å². The molecule has 3 saturated carbocycles. The Morgan fingerprint density at radius 3 is 2.41 bits per heavy atom. The van der Waals surface area contributed by atoms with Crippen LogP contribution < -0.4 is 10.6 Å². The number of nitrogens with zero attached hydrogens (tertiary/aromatic N) is 1. The summed E-state index contributed by atoms with van der Waals surface area (Å²) in [4.78, 5) is 25.7. The first kappa shape index (κ1) is 15.8. The summed E-state index contributed by atoms with van der Waals surface area (Å²) in [6.07, 6.45) is 7.57. The predicted octanol–water partition coefficient (Wildman–Crippen LogP) is 1.14. The normalized spacial score (nSPS) is 31.3. The SMILES string of the molecule is CC(NC(=O)CN(C)CC(=O)NC1CC1)C1CC2CCC1C2. The van der Waals surface area contributed by atoms with Crippen LogP contribution in [-0.4, -0.2) is 48.9 Å². The molecule has 4 atom stereocenters. The molecule has 0 aromatic carbocycles. The quantitative estimate of drug-likeness (QED) is 0.741. The van der Waals surface area contributed by atoms with Gasteiger partial charge in [0.15, 0.2) is 0 Å². The minimum absolute atomic E-state index is 0.0268. The zero-order valence-electron chi connectivity index (χ0n) is 13.8. The second kappa shape index (κ2) is 6.57. The maximum atomic E-state index is 12.2. The van der Waals surface area contributed by atoms with Crippen molar-refractivity contribution >= 4 is 11.8 Å². The van der Waals surface area contributed by atoms with Crippen LogP contribution in [0.15, 0.2) is 0 Å². The predicted molar refractivity (Wildman–Crippen MR) is 85.2 cm³/mol. The molecule has 2 amide bonds. The van der Waals surface area contributed by atoms with Crippen molar-refractivity contribution in [3.63, 3.8) is 0 Å². The van der Waals surface area contributed by atoms with Crippen LogP contribution in [-0.2, 0) is 9.59 Å². The fourth-order valence-electron chi connectivity index (χ4n) is 4.36. The standard InChI is InChI=1S/C17H29N3O2/c1-11(15-8-12-3-4-13(15)7-12)18-16(21)9-20(2)10-17(22)19-14-5-6-14/h11-15H,3-10H2,1-2H3,(H,18,21)(H,19,22). The molecule has 0 aromatic rings. The van der Waals surface area contributed by atoms with Crippen LogP contribution >= 0.6 is 0 Å². The Morgan fingerprint density at radius 2 is 1.82 bits per heavy atom. The van der Waals surface area contributed by atoms with Crippen LogP contribution in [0.25, 0.3) is 0 Å². The largest absolute Gasteiger partial charge is 0.352 e. The van der Waals surface area contributed by atoms with Gasteiger partial charge < -0.3 is 10.6 Å². The first-order valence-corrected chi connectivity index (χ1v) is 8.78. The molecule has 2 bridgehead atoms. The Labute approximate surface area is 133 Å². The number of amides is 2. The van der Waals surface area contributed by atoms with Gasteiger partial charge in [0.25, 0.3) is 0 Å². The highest BCUT2D eigenvalue weighted by Crippen LogP contribution is 2.49. The molecule has 0 radical (unpaired) electrons. The molecule has 124 valence electrons. The summed E-state index contributed by atoms with van der Waals surface area (Å²) in [6, 6.07) is 0.643. The highest BCUT2D eigenvalue weighted by atomic mass is 16.2. The van der Waals surface area contributed by atoms with Crippen molar-refractivity contribution in [2.45, 2.75) is 57.5 Å². The van der Waals surface area contributed by atoms with E-state index >= 15 is 0 Å². The second-order valence-electron chi connectivity index (χ2n) is 7.71. The van der Waals surface area contributed by atoms with E-state index in [0.717, 1.165) is 24.7 Å². The van der Waals surface area contributed by atoms with Gasteiger partial charge in [0.1, 0.15) is 0 Å². The number of nitrogens with one attached hydrogen (secondary N) is 2. The summed E-state index contributed by atoms with van der Waals surface area (Å²) in [5.74, 6) is 2.45. The van der Waals surface area contributed by atoms with Gasteiger partial charge in [0.05, 0.1) is 13.1 Å². The van der Waals surface area contributed by atoms with Crippen molar-refractivity contribution in [1.82, 2.24) is 15.5 Å². The van der Waals surface area contributed by atoms with Gasteiger partial charge in [0, 0.05) is 12.1 Å². The lowest BCUT2D eigenvalue weighted by molar-refractivity contribution is -0.125. The molecule has 3 fully saturated rings. The van der Waals surface area contributed by atoms with Gasteiger partial charge in [-0.05, 0) is 63.8 Å². The van der Waals surface area contributed by atoms with Crippen molar-refractivity contribution in [2.75, 3.05) is 20.1 Å². The van der Waals surface area contributed by atoms with Gasteiger partial charge in [0.2, 0.25) is 11.8 Å². The first-order valence-electron chi connectivity index (χ1n) is 8.78. The Bertz CT molecular complexity index is 436. The summed E-state index contributed by atoms with van der Waals surface area (Å²) in [5.41, 5.74) is 0. The Kier molecular flexibility index (Phi) is 4.71. The fourth-order valence-corrected chi connectivity index (χ4v) is 4.36. The maximum Gasteiger partial charge on any atom is 0.234 e. The van der Waals surface area contributed by atoms with E-state index in [4.69, 9.17) is 0 Å². The lowest BCUT2D eigenvalue weighted by Crippen LogP contribution is -2.46. The summed E-state index contributed by atoms with van der Waals surface area (Å²) in [5, 5.41) is 6.10. The van der Waals surface area contributed by atoms with Crippen LogP contribution in [0, 0.1) is 17.8 Å². The molecule has 2 N–H and O–H groups in total. The number of fused-ring (bicyclic) bond motifs is 2. The van der Waals surface area contributed by atoms with Crippen molar-refractivity contribution in [2.24, 2.45) is 17.8 Å². The van der Waals surface area contributed by atoms with Crippen molar-refractivity contribution in [3.8, 4) is 0 Å². The maximum absolute atomic E-state index is 12.2. The Morgan fingerprint density at radius 1 is 1.09 bits per heavy atom. The number of carbonyl (C=O) groups is 2. The van der Waals surface area contributed by atoms with Crippen molar-refractivity contribution < 1.29 is 9.59 Å². The Hall–Kier alpha value is -1.10. The average molecular weight is 307 g/mol. The van der Waals surface area contributed by atoms with E-state index in [1.54, 1.807) is 4.90 Å². The van der Waals surface area contributed by atoms with Gasteiger partial charge >= 0.3 is 0 Å². The monoisotopic (exact) mass is 307 g/mol. The van der Waals surface area contributed by atoms with Gasteiger partial charge in [-0.25, -0.2) is 0 Å². The molecule has 0 spiro atoms. The van der Waals surface area contributed by atoms with Gasteiger partial charge in [-0.2, -0.15) is 0 Å². The molecule has 4 unspecified atom stereocenters. The zero-order chi connectivity index (χ0) is 15.7. The molecule has 3 aliphatic carbocycles. The Balaban J connectivity index is 1.36. The van der Waals surface area contributed by atoms with E-state index in [1.165, 1.54) is 25.7 Å². The van der Waals surface area contributed by atoms with Crippen LogP contribution in [0.1, 0.15) is 45.4 Å². The van der Waals surface area contributed by atoms with Gasteiger partial charge in [-0.1, -0.05) is 6.42 Å².